The van der Waals surface area contributed by atoms with Crippen LogP contribution in [0.3, 0.4) is 0 Å². The van der Waals surface area contributed by atoms with Crippen molar-refractivity contribution in [1.29, 1.82) is 0 Å². The largest absolute Gasteiger partial charge is 0.263 e. The van der Waals surface area contributed by atoms with Crippen LogP contribution in [-0.2, 0) is 10.0 Å². The van der Waals surface area contributed by atoms with E-state index in [9.17, 15) is 8.42 Å². The number of benzene rings is 1. The number of aryl methyl sites for hydroxylation is 2. The molecule has 0 amide bonds. The fraction of sp³-hybridized carbons (Fsp3) is 0.182. The summed E-state index contributed by atoms with van der Waals surface area (Å²) in [5, 5.41) is 2.55. The molecule has 0 fully saturated rings. The number of sulfonamides is 1. The van der Waals surface area contributed by atoms with Crippen molar-refractivity contribution in [2.75, 3.05) is 4.72 Å². The Morgan fingerprint density at radius 2 is 2.06 bits per heavy atom. The molecule has 4 nitrogen and oxygen atoms in total. The van der Waals surface area contributed by atoms with Gasteiger partial charge < -0.3 is 0 Å². The van der Waals surface area contributed by atoms with Gasteiger partial charge in [-0.05, 0) is 31.5 Å². The lowest BCUT2D eigenvalue weighted by molar-refractivity contribution is 0.601. The number of hydrogen-bond donors (Lipinski definition) is 1. The van der Waals surface area contributed by atoms with Crippen molar-refractivity contribution in [1.82, 2.24) is 4.98 Å². The van der Waals surface area contributed by atoms with Crippen molar-refractivity contribution in [3.63, 3.8) is 0 Å². The molecule has 0 saturated carbocycles. The van der Waals surface area contributed by atoms with Gasteiger partial charge in [0.15, 0.2) is 5.13 Å². The molecular formula is C11H11ClN2O2S2. The summed E-state index contributed by atoms with van der Waals surface area (Å²) < 4.78 is 26.6. The van der Waals surface area contributed by atoms with Crippen molar-refractivity contribution in [2.24, 2.45) is 0 Å². The molecule has 0 aliphatic heterocycles. The minimum atomic E-state index is -3.63. The van der Waals surface area contributed by atoms with Gasteiger partial charge in [-0.15, -0.1) is 11.3 Å². The zero-order chi connectivity index (χ0) is 13.3. The third-order valence-corrected chi connectivity index (χ3v) is 5.04. The standard InChI is InChI=1S/C11H11ClN2O2S2/c1-7-3-4-9(5-10(7)12)18(15,16)14-11-13-8(2)6-17-11/h3-6H,1-2H3,(H,13,14). The van der Waals surface area contributed by atoms with Gasteiger partial charge in [0, 0.05) is 10.4 Å². The van der Waals surface area contributed by atoms with Crippen LogP contribution in [0.1, 0.15) is 11.3 Å². The molecular weight excluding hydrogens is 292 g/mol. The van der Waals surface area contributed by atoms with Crippen LogP contribution in [0.25, 0.3) is 0 Å². The third kappa shape index (κ3) is 2.82. The van der Waals surface area contributed by atoms with Gasteiger partial charge in [-0.3, -0.25) is 4.72 Å². The number of nitrogens with zero attached hydrogens (tertiary/aromatic N) is 1. The van der Waals surface area contributed by atoms with Crippen molar-refractivity contribution >= 4 is 38.1 Å². The number of rotatable bonds is 3. The topological polar surface area (TPSA) is 59.1 Å². The average molecular weight is 303 g/mol. The van der Waals surface area contributed by atoms with Crippen LogP contribution in [0.2, 0.25) is 5.02 Å². The fourth-order valence-electron chi connectivity index (χ4n) is 1.32. The van der Waals surface area contributed by atoms with E-state index in [0.29, 0.717) is 10.2 Å². The van der Waals surface area contributed by atoms with E-state index >= 15 is 0 Å². The van der Waals surface area contributed by atoms with E-state index in [4.69, 9.17) is 11.6 Å². The number of thiazole rings is 1. The van der Waals surface area contributed by atoms with Gasteiger partial charge in [0.1, 0.15) is 0 Å². The summed E-state index contributed by atoms with van der Waals surface area (Å²) in [7, 11) is -3.63. The molecule has 7 heteroatoms. The Morgan fingerprint density at radius 3 is 2.61 bits per heavy atom. The molecule has 0 atom stereocenters. The molecule has 0 spiro atoms. The van der Waals surface area contributed by atoms with Gasteiger partial charge in [-0.25, -0.2) is 13.4 Å². The van der Waals surface area contributed by atoms with Gasteiger partial charge in [-0.2, -0.15) is 0 Å². The SMILES string of the molecule is Cc1csc(NS(=O)(=O)c2ccc(C)c(Cl)c2)n1. The first-order valence-electron chi connectivity index (χ1n) is 5.09. The number of aromatic nitrogens is 1. The molecule has 0 radical (unpaired) electrons. The summed E-state index contributed by atoms with van der Waals surface area (Å²) in [5.74, 6) is 0. The zero-order valence-electron chi connectivity index (χ0n) is 9.77. The molecule has 1 aromatic carbocycles. The van der Waals surface area contributed by atoms with Crippen LogP contribution in [0.4, 0.5) is 5.13 Å². The summed E-state index contributed by atoms with van der Waals surface area (Å²) in [6, 6.07) is 4.62. The Labute approximate surface area is 115 Å². The Morgan fingerprint density at radius 1 is 1.33 bits per heavy atom. The van der Waals surface area contributed by atoms with E-state index in [0.717, 1.165) is 11.3 Å². The molecule has 0 bridgehead atoms. The highest BCUT2D eigenvalue weighted by Gasteiger charge is 2.16. The maximum atomic E-state index is 12.1. The molecule has 1 N–H and O–H groups in total. The minimum Gasteiger partial charge on any atom is -0.255 e. The summed E-state index contributed by atoms with van der Waals surface area (Å²) in [6.07, 6.45) is 0. The Hall–Kier alpha value is -1.11. The number of hydrogen-bond acceptors (Lipinski definition) is 4. The fourth-order valence-corrected chi connectivity index (χ4v) is 3.53. The van der Waals surface area contributed by atoms with Crippen LogP contribution in [0, 0.1) is 13.8 Å². The molecule has 1 aromatic heterocycles. The minimum absolute atomic E-state index is 0.131. The van der Waals surface area contributed by atoms with E-state index in [1.54, 1.807) is 18.4 Å². The quantitative estimate of drug-likeness (QED) is 0.947. The maximum absolute atomic E-state index is 12.1. The van der Waals surface area contributed by atoms with Crippen LogP contribution in [0.15, 0.2) is 28.5 Å². The molecule has 2 rings (SSSR count). The lowest BCUT2D eigenvalue weighted by Gasteiger charge is -2.06. The Balaban J connectivity index is 2.33. The molecule has 96 valence electrons. The second-order valence-electron chi connectivity index (χ2n) is 3.81. The van der Waals surface area contributed by atoms with E-state index in [1.165, 1.54) is 23.5 Å². The highest BCUT2D eigenvalue weighted by atomic mass is 35.5. The average Bonchev–Trinajstić information content (AvgIpc) is 2.67. The molecule has 1 heterocycles. The summed E-state index contributed by atoms with van der Waals surface area (Å²) in [6.45, 7) is 3.62. The van der Waals surface area contributed by atoms with Crippen molar-refractivity contribution in [3.05, 3.63) is 39.9 Å². The first-order valence-corrected chi connectivity index (χ1v) is 7.84. The smallest absolute Gasteiger partial charge is 0.255 e. The lowest BCUT2D eigenvalue weighted by Crippen LogP contribution is -2.12. The van der Waals surface area contributed by atoms with Crippen molar-refractivity contribution in [2.45, 2.75) is 18.7 Å². The first kappa shape index (κ1) is 13.3. The molecule has 0 unspecified atom stereocenters. The monoisotopic (exact) mass is 302 g/mol. The molecule has 0 aliphatic carbocycles. The highest BCUT2D eigenvalue weighted by Crippen LogP contribution is 2.23. The van der Waals surface area contributed by atoms with E-state index in [1.807, 2.05) is 6.92 Å². The van der Waals surface area contributed by atoms with Crippen LogP contribution in [-0.4, -0.2) is 13.4 Å². The predicted molar refractivity (Wildman–Crippen MR) is 73.8 cm³/mol. The van der Waals surface area contributed by atoms with Gasteiger partial charge in [0.2, 0.25) is 0 Å². The van der Waals surface area contributed by atoms with Crippen LogP contribution < -0.4 is 4.72 Å². The normalized spacial score (nSPS) is 11.5. The first-order chi connectivity index (χ1) is 8.38. The van der Waals surface area contributed by atoms with Crippen molar-refractivity contribution in [3.8, 4) is 0 Å². The predicted octanol–water partition coefficient (Wildman–Crippen LogP) is 3.21. The van der Waals surface area contributed by atoms with Gasteiger partial charge in [0.25, 0.3) is 10.0 Å². The lowest BCUT2D eigenvalue weighted by atomic mass is 10.2. The molecule has 18 heavy (non-hydrogen) atoms. The number of halogens is 1. The molecule has 2 aromatic rings. The molecule has 0 saturated heterocycles. The zero-order valence-corrected chi connectivity index (χ0v) is 12.2. The van der Waals surface area contributed by atoms with Gasteiger partial charge in [0.05, 0.1) is 10.6 Å². The summed E-state index contributed by atoms with van der Waals surface area (Å²) >= 11 is 7.17. The second kappa shape index (κ2) is 4.87. The maximum Gasteiger partial charge on any atom is 0.263 e. The summed E-state index contributed by atoms with van der Waals surface area (Å²) in [5.41, 5.74) is 1.61. The highest BCUT2D eigenvalue weighted by molar-refractivity contribution is 7.93. The number of anilines is 1. The number of nitrogens with one attached hydrogen (secondary N) is 1. The van der Waals surface area contributed by atoms with Crippen LogP contribution in [0.5, 0.6) is 0 Å². The molecule has 0 aliphatic rings. The van der Waals surface area contributed by atoms with E-state index in [-0.39, 0.29) is 4.90 Å². The third-order valence-electron chi connectivity index (χ3n) is 2.29. The van der Waals surface area contributed by atoms with Crippen molar-refractivity contribution < 1.29 is 8.42 Å². The second-order valence-corrected chi connectivity index (χ2v) is 6.76. The van der Waals surface area contributed by atoms with Gasteiger partial charge in [-0.1, -0.05) is 17.7 Å². The van der Waals surface area contributed by atoms with E-state index < -0.39 is 10.0 Å². The Kier molecular flexibility index (Phi) is 3.61. The van der Waals surface area contributed by atoms with Crippen LogP contribution >= 0.6 is 22.9 Å². The summed E-state index contributed by atoms with van der Waals surface area (Å²) in [4.78, 5) is 4.19. The van der Waals surface area contributed by atoms with Gasteiger partial charge >= 0.3 is 0 Å². The Bertz CT molecular complexity index is 680. The van der Waals surface area contributed by atoms with E-state index in [2.05, 4.69) is 9.71 Å².